The molecule has 0 unspecified atom stereocenters. The van der Waals surface area contributed by atoms with Gasteiger partial charge in [-0.05, 0) is 39.0 Å². The summed E-state index contributed by atoms with van der Waals surface area (Å²) in [5, 5.41) is 18.7. The molecule has 0 saturated heterocycles. The van der Waals surface area contributed by atoms with Gasteiger partial charge in [0.2, 0.25) is 5.91 Å². The molecule has 4 N–H and O–H groups in total. The molecule has 7 nitrogen and oxygen atoms in total. The van der Waals surface area contributed by atoms with Gasteiger partial charge in [0.15, 0.2) is 5.96 Å². The molecular weight excluding hydrogens is 296 g/mol. The van der Waals surface area contributed by atoms with E-state index in [1.807, 2.05) is 20.8 Å². The Hall–Kier alpha value is -2.44. The summed E-state index contributed by atoms with van der Waals surface area (Å²) in [5.41, 5.74) is 0.397. The van der Waals surface area contributed by atoms with E-state index in [2.05, 4.69) is 20.9 Å². The first-order chi connectivity index (χ1) is 10.7. The number of rotatable bonds is 5. The molecule has 1 aromatic rings. The van der Waals surface area contributed by atoms with Gasteiger partial charge in [-0.25, -0.2) is 0 Å². The van der Waals surface area contributed by atoms with Gasteiger partial charge in [0.05, 0.1) is 13.7 Å². The first kappa shape index (κ1) is 18.6. The maximum Gasteiger partial charge on any atom is 0.239 e. The van der Waals surface area contributed by atoms with Crippen molar-refractivity contribution < 1.29 is 14.6 Å². The van der Waals surface area contributed by atoms with Gasteiger partial charge in [0, 0.05) is 24.7 Å². The molecule has 0 bridgehead atoms. The Bertz CT molecular complexity index is 565. The van der Waals surface area contributed by atoms with E-state index in [9.17, 15) is 9.90 Å². The van der Waals surface area contributed by atoms with Crippen LogP contribution in [0.4, 0.5) is 0 Å². The van der Waals surface area contributed by atoms with Crippen molar-refractivity contribution in [3.8, 4) is 11.5 Å². The number of carbonyl (C=O) groups excluding carboxylic acids is 1. The molecule has 0 aliphatic carbocycles. The van der Waals surface area contributed by atoms with Crippen molar-refractivity contribution in [2.75, 3.05) is 20.7 Å². The number of phenolic OH excluding ortho intramolecular Hbond substituents is 1. The third kappa shape index (κ3) is 6.90. The van der Waals surface area contributed by atoms with Gasteiger partial charge in [-0.3, -0.25) is 9.79 Å². The van der Waals surface area contributed by atoms with Crippen LogP contribution >= 0.6 is 0 Å². The number of aliphatic imine (C=N–C) groups is 1. The lowest BCUT2D eigenvalue weighted by molar-refractivity contribution is -0.121. The average molecular weight is 322 g/mol. The maximum absolute atomic E-state index is 11.8. The number of phenols is 1. The van der Waals surface area contributed by atoms with Crippen molar-refractivity contribution in [3.63, 3.8) is 0 Å². The summed E-state index contributed by atoms with van der Waals surface area (Å²) in [6, 6.07) is 4.99. The predicted molar refractivity (Wildman–Crippen MR) is 90.8 cm³/mol. The summed E-state index contributed by atoms with van der Waals surface area (Å²) < 4.78 is 5.13. The van der Waals surface area contributed by atoms with Crippen LogP contribution < -0.4 is 20.7 Å². The molecule has 128 valence electrons. The van der Waals surface area contributed by atoms with Gasteiger partial charge in [-0.2, -0.15) is 0 Å². The number of hydrogen-bond acceptors (Lipinski definition) is 4. The minimum Gasteiger partial charge on any atom is -0.508 e. The SMILES string of the molecule is CN=C(NCC(=O)NC(C)(C)C)NCc1cc(OC)ccc1O. The highest BCUT2D eigenvalue weighted by Crippen LogP contribution is 2.22. The monoisotopic (exact) mass is 322 g/mol. The number of ether oxygens (including phenoxy) is 1. The van der Waals surface area contributed by atoms with Crippen LogP contribution in [0.2, 0.25) is 0 Å². The van der Waals surface area contributed by atoms with Crippen LogP contribution in [0.15, 0.2) is 23.2 Å². The quantitative estimate of drug-likeness (QED) is 0.479. The highest BCUT2D eigenvalue weighted by atomic mass is 16.5. The zero-order valence-corrected chi connectivity index (χ0v) is 14.4. The van der Waals surface area contributed by atoms with E-state index in [0.717, 1.165) is 0 Å². The van der Waals surface area contributed by atoms with E-state index in [4.69, 9.17) is 4.74 Å². The standard InChI is InChI=1S/C16H26N4O3/c1-16(2,3)20-14(22)10-19-15(17-4)18-9-11-8-12(23-5)6-7-13(11)21/h6-8,21H,9-10H2,1-5H3,(H,20,22)(H2,17,18,19). The summed E-state index contributed by atoms with van der Waals surface area (Å²) >= 11 is 0. The van der Waals surface area contributed by atoms with Crippen LogP contribution in [0.3, 0.4) is 0 Å². The summed E-state index contributed by atoms with van der Waals surface area (Å²) in [6.45, 7) is 6.22. The van der Waals surface area contributed by atoms with Crippen LogP contribution in [0, 0.1) is 0 Å². The van der Waals surface area contributed by atoms with Crippen LogP contribution in [-0.2, 0) is 11.3 Å². The van der Waals surface area contributed by atoms with Gasteiger partial charge in [-0.1, -0.05) is 0 Å². The lowest BCUT2D eigenvalue weighted by Crippen LogP contribution is -2.48. The van der Waals surface area contributed by atoms with E-state index in [1.165, 1.54) is 0 Å². The van der Waals surface area contributed by atoms with Gasteiger partial charge in [-0.15, -0.1) is 0 Å². The number of methoxy groups -OCH3 is 1. The fourth-order valence-electron chi connectivity index (χ4n) is 1.86. The lowest BCUT2D eigenvalue weighted by Gasteiger charge is -2.21. The summed E-state index contributed by atoms with van der Waals surface area (Å²) in [7, 11) is 3.18. The molecule has 0 spiro atoms. The fraction of sp³-hybridized carbons (Fsp3) is 0.500. The Labute approximate surface area is 137 Å². The normalized spacial score (nSPS) is 11.8. The minimum absolute atomic E-state index is 0.112. The summed E-state index contributed by atoms with van der Waals surface area (Å²) in [6.07, 6.45) is 0. The molecule has 1 aromatic carbocycles. The zero-order chi connectivity index (χ0) is 17.5. The number of carbonyl (C=O) groups is 1. The number of benzene rings is 1. The van der Waals surface area contributed by atoms with E-state index < -0.39 is 0 Å². The molecule has 1 rings (SSSR count). The molecule has 0 aliphatic heterocycles. The number of hydrogen-bond donors (Lipinski definition) is 4. The van der Waals surface area contributed by atoms with E-state index in [-0.39, 0.29) is 23.7 Å². The molecule has 23 heavy (non-hydrogen) atoms. The smallest absolute Gasteiger partial charge is 0.239 e. The molecular formula is C16H26N4O3. The van der Waals surface area contributed by atoms with E-state index in [0.29, 0.717) is 23.8 Å². The number of nitrogens with one attached hydrogen (secondary N) is 3. The number of guanidine groups is 1. The predicted octanol–water partition coefficient (Wildman–Crippen LogP) is 0.980. The third-order valence-corrected chi connectivity index (χ3v) is 2.89. The fourth-order valence-corrected chi connectivity index (χ4v) is 1.86. The Morgan fingerprint density at radius 1 is 1.30 bits per heavy atom. The number of aromatic hydroxyl groups is 1. The van der Waals surface area contributed by atoms with Gasteiger partial charge in [0.1, 0.15) is 11.5 Å². The molecule has 0 radical (unpaired) electrons. The summed E-state index contributed by atoms with van der Waals surface area (Å²) in [5.74, 6) is 1.17. The van der Waals surface area contributed by atoms with Crippen molar-refractivity contribution in [1.82, 2.24) is 16.0 Å². The van der Waals surface area contributed by atoms with Crippen LogP contribution in [-0.4, -0.2) is 43.2 Å². The second-order valence-electron chi connectivity index (χ2n) is 6.07. The molecule has 1 amide bonds. The van der Waals surface area contributed by atoms with Crippen LogP contribution in [0.1, 0.15) is 26.3 Å². The first-order valence-corrected chi connectivity index (χ1v) is 7.36. The van der Waals surface area contributed by atoms with Crippen molar-refractivity contribution >= 4 is 11.9 Å². The Balaban J connectivity index is 2.53. The Morgan fingerprint density at radius 3 is 2.57 bits per heavy atom. The van der Waals surface area contributed by atoms with Crippen molar-refractivity contribution in [2.24, 2.45) is 4.99 Å². The highest BCUT2D eigenvalue weighted by Gasteiger charge is 2.13. The molecule has 0 fully saturated rings. The molecule has 7 heteroatoms. The van der Waals surface area contributed by atoms with Crippen molar-refractivity contribution in [3.05, 3.63) is 23.8 Å². The van der Waals surface area contributed by atoms with E-state index >= 15 is 0 Å². The molecule has 0 heterocycles. The van der Waals surface area contributed by atoms with Gasteiger partial charge < -0.3 is 25.8 Å². The van der Waals surface area contributed by atoms with Gasteiger partial charge in [0.25, 0.3) is 0 Å². The Kier molecular flexibility index (Phi) is 6.68. The van der Waals surface area contributed by atoms with Gasteiger partial charge >= 0.3 is 0 Å². The summed E-state index contributed by atoms with van der Waals surface area (Å²) in [4.78, 5) is 15.8. The topological polar surface area (TPSA) is 95.0 Å². The average Bonchev–Trinajstić information content (AvgIpc) is 2.47. The highest BCUT2D eigenvalue weighted by molar-refractivity contribution is 5.86. The van der Waals surface area contributed by atoms with Crippen LogP contribution in [0.25, 0.3) is 0 Å². The lowest BCUT2D eigenvalue weighted by atomic mass is 10.1. The molecule has 0 aromatic heterocycles. The van der Waals surface area contributed by atoms with Crippen molar-refractivity contribution in [2.45, 2.75) is 32.9 Å². The van der Waals surface area contributed by atoms with E-state index in [1.54, 1.807) is 32.4 Å². The van der Waals surface area contributed by atoms with Crippen molar-refractivity contribution in [1.29, 1.82) is 0 Å². The maximum atomic E-state index is 11.8. The molecule has 0 saturated carbocycles. The molecule has 0 aliphatic rings. The second kappa shape index (κ2) is 8.26. The number of amides is 1. The Morgan fingerprint density at radius 2 is 2.00 bits per heavy atom. The number of nitrogens with zero attached hydrogens (tertiary/aromatic N) is 1. The first-order valence-electron chi connectivity index (χ1n) is 7.36. The second-order valence-corrected chi connectivity index (χ2v) is 6.07. The van der Waals surface area contributed by atoms with Crippen LogP contribution in [0.5, 0.6) is 11.5 Å². The largest absolute Gasteiger partial charge is 0.508 e. The third-order valence-electron chi connectivity index (χ3n) is 2.89. The zero-order valence-electron chi connectivity index (χ0n) is 14.4. The molecule has 0 atom stereocenters. The minimum atomic E-state index is -0.276.